The van der Waals surface area contributed by atoms with Crippen LogP contribution in [-0.4, -0.2) is 21.9 Å². The number of aryl methyl sites for hydroxylation is 1. The van der Waals surface area contributed by atoms with E-state index in [9.17, 15) is 4.79 Å². The third-order valence-corrected chi connectivity index (χ3v) is 6.84. The van der Waals surface area contributed by atoms with Crippen molar-refractivity contribution in [3.63, 3.8) is 0 Å². The maximum atomic E-state index is 13.1. The summed E-state index contributed by atoms with van der Waals surface area (Å²) in [6.07, 6.45) is 1.93. The van der Waals surface area contributed by atoms with E-state index in [2.05, 4.69) is 54.0 Å². The average molecular weight is 445 g/mol. The Labute approximate surface area is 190 Å². The number of aromatic nitrogens is 1. The fraction of sp³-hybridized carbons (Fsp3) is 0.120. The molecule has 31 heavy (non-hydrogen) atoms. The number of carbonyl (C=O) groups excluding carboxylic acids is 1. The number of benzene rings is 3. The first-order chi connectivity index (χ1) is 15.1. The van der Waals surface area contributed by atoms with Crippen molar-refractivity contribution in [2.75, 3.05) is 12.0 Å². The van der Waals surface area contributed by atoms with Gasteiger partial charge in [-0.15, -0.1) is 0 Å². The van der Waals surface area contributed by atoms with Crippen LogP contribution >= 0.6 is 24.0 Å². The smallest absolute Gasteiger partial charge is 0.270 e. The molecule has 0 spiro atoms. The number of ether oxygens (including phenoxy) is 1. The van der Waals surface area contributed by atoms with E-state index in [1.807, 2.05) is 30.3 Å². The largest absolute Gasteiger partial charge is 0.497 e. The lowest BCUT2D eigenvalue weighted by atomic mass is 10.1. The first-order valence-electron chi connectivity index (χ1n) is 10.0. The summed E-state index contributed by atoms with van der Waals surface area (Å²) in [4.78, 5) is 15.3. The molecule has 1 aliphatic rings. The molecule has 1 fully saturated rings. The molecule has 1 aromatic heterocycles. The molecular weight excluding hydrogens is 424 g/mol. The van der Waals surface area contributed by atoms with E-state index in [-0.39, 0.29) is 5.91 Å². The van der Waals surface area contributed by atoms with Crippen molar-refractivity contribution >= 4 is 67.8 Å². The second-order valence-electron chi connectivity index (χ2n) is 7.25. The van der Waals surface area contributed by atoms with Crippen LogP contribution in [0.15, 0.2) is 71.6 Å². The van der Waals surface area contributed by atoms with Crippen molar-refractivity contribution in [2.45, 2.75) is 13.5 Å². The zero-order valence-corrected chi connectivity index (χ0v) is 18.8. The number of thiocarbonyl (C=S) groups is 1. The van der Waals surface area contributed by atoms with Crippen molar-refractivity contribution in [3.05, 3.63) is 77.2 Å². The molecule has 1 saturated heterocycles. The molecule has 4 nitrogen and oxygen atoms in total. The van der Waals surface area contributed by atoms with Crippen LogP contribution in [0.4, 0.5) is 5.69 Å². The zero-order valence-electron chi connectivity index (χ0n) is 17.2. The van der Waals surface area contributed by atoms with Crippen molar-refractivity contribution < 1.29 is 9.53 Å². The number of thioether (sulfide) groups is 1. The van der Waals surface area contributed by atoms with Gasteiger partial charge in [0.2, 0.25) is 0 Å². The summed E-state index contributed by atoms with van der Waals surface area (Å²) in [5.41, 5.74) is 4.16. The summed E-state index contributed by atoms with van der Waals surface area (Å²) in [6.45, 7) is 3.06. The lowest BCUT2D eigenvalue weighted by molar-refractivity contribution is -0.113. The van der Waals surface area contributed by atoms with E-state index in [1.165, 1.54) is 33.6 Å². The van der Waals surface area contributed by atoms with Gasteiger partial charge in [0.15, 0.2) is 4.32 Å². The maximum absolute atomic E-state index is 13.1. The van der Waals surface area contributed by atoms with Gasteiger partial charge >= 0.3 is 0 Å². The number of anilines is 1. The molecule has 0 N–H and O–H groups in total. The van der Waals surface area contributed by atoms with Gasteiger partial charge in [0.1, 0.15) is 5.75 Å². The molecule has 154 valence electrons. The predicted octanol–water partition coefficient (Wildman–Crippen LogP) is 6.23. The first-order valence-corrected chi connectivity index (χ1v) is 11.3. The highest BCUT2D eigenvalue weighted by Crippen LogP contribution is 2.37. The van der Waals surface area contributed by atoms with Gasteiger partial charge < -0.3 is 9.30 Å². The van der Waals surface area contributed by atoms with E-state index >= 15 is 0 Å². The minimum atomic E-state index is -0.101. The molecule has 3 aromatic carbocycles. The Hall–Kier alpha value is -3.09. The van der Waals surface area contributed by atoms with E-state index in [0.717, 1.165) is 23.5 Å². The molecule has 0 atom stereocenters. The second-order valence-corrected chi connectivity index (χ2v) is 8.93. The molecule has 0 radical (unpaired) electrons. The van der Waals surface area contributed by atoms with Gasteiger partial charge in [0.05, 0.1) is 17.7 Å². The number of carbonyl (C=O) groups is 1. The topological polar surface area (TPSA) is 34.5 Å². The number of amides is 1. The summed E-state index contributed by atoms with van der Waals surface area (Å²) in [7, 11) is 1.62. The predicted molar refractivity (Wildman–Crippen MR) is 134 cm³/mol. The molecule has 4 aromatic rings. The van der Waals surface area contributed by atoms with Gasteiger partial charge in [-0.25, -0.2) is 0 Å². The van der Waals surface area contributed by atoms with Crippen molar-refractivity contribution in [1.29, 1.82) is 0 Å². The van der Waals surface area contributed by atoms with Crippen molar-refractivity contribution in [1.82, 2.24) is 4.57 Å². The summed E-state index contributed by atoms with van der Waals surface area (Å²) in [5, 5.41) is 2.41. The molecule has 6 heteroatoms. The third-order valence-electron chi connectivity index (χ3n) is 5.53. The lowest BCUT2D eigenvalue weighted by Crippen LogP contribution is -2.27. The fourth-order valence-electron chi connectivity index (χ4n) is 4.07. The van der Waals surface area contributed by atoms with Gasteiger partial charge in [-0.3, -0.25) is 9.69 Å². The molecule has 0 aliphatic carbocycles. The molecule has 1 amide bonds. The molecule has 2 heterocycles. The molecule has 0 unspecified atom stereocenters. The minimum Gasteiger partial charge on any atom is -0.497 e. The summed E-state index contributed by atoms with van der Waals surface area (Å²) in [5.74, 6) is 0.639. The Bertz CT molecular complexity index is 1370. The van der Waals surface area contributed by atoms with Crippen LogP contribution in [-0.2, 0) is 11.3 Å². The van der Waals surface area contributed by atoms with E-state index < -0.39 is 0 Å². The second kappa shape index (κ2) is 7.87. The minimum absolute atomic E-state index is 0.101. The first kappa shape index (κ1) is 19.8. The summed E-state index contributed by atoms with van der Waals surface area (Å²) in [6, 6.07) is 22.1. The number of hydrogen-bond donors (Lipinski definition) is 0. The zero-order chi connectivity index (χ0) is 21.5. The SMILES string of the molecule is CCn1c2ccccc2c2cc(C=C3SC(=S)N(c4ccc(OC)cc4)C3=O)ccc21. The van der Waals surface area contributed by atoms with Crippen LogP contribution in [0.1, 0.15) is 12.5 Å². The maximum Gasteiger partial charge on any atom is 0.270 e. The monoisotopic (exact) mass is 444 g/mol. The number of nitrogens with zero attached hydrogens (tertiary/aromatic N) is 2. The Balaban J connectivity index is 1.53. The van der Waals surface area contributed by atoms with Crippen molar-refractivity contribution in [3.8, 4) is 5.75 Å². The lowest BCUT2D eigenvalue weighted by Gasteiger charge is -2.14. The normalized spacial score (nSPS) is 15.5. The summed E-state index contributed by atoms with van der Waals surface area (Å²) >= 11 is 6.84. The van der Waals surface area contributed by atoms with Crippen LogP contribution in [0.3, 0.4) is 0 Å². The average Bonchev–Trinajstić information content (AvgIpc) is 3.26. The molecule has 0 bridgehead atoms. The highest BCUT2D eigenvalue weighted by Gasteiger charge is 2.33. The highest BCUT2D eigenvalue weighted by molar-refractivity contribution is 8.27. The van der Waals surface area contributed by atoms with Gasteiger partial charge in [0.25, 0.3) is 5.91 Å². The number of hydrogen-bond acceptors (Lipinski definition) is 4. The van der Waals surface area contributed by atoms with Crippen LogP contribution in [0.2, 0.25) is 0 Å². The highest BCUT2D eigenvalue weighted by atomic mass is 32.2. The molecule has 0 saturated carbocycles. The summed E-state index contributed by atoms with van der Waals surface area (Å²) < 4.78 is 8.06. The molecular formula is C25H20N2O2S2. The van der Waals surface area contributed by atoms with Crippen LogP contribution in [0, 0.1) is 0 Å². The fourth-order valence-corrected chi connectivity index (χ4v) is 5.37. The van der Waals surface area contributed by atoms with Gasteiger partial charge in [-0.2, -0.15) is 0 Å². The van der Waals surface area contributed by atoms with Gasteiger partial charge in [-0.05, 0) is 61.0 Å². The van der Waals surface area contributed by atoms with Crippen LogP contribution < -0.4 is 9.64 Å². The van der Waals surface area contributed by atoms with Crippen molar-refractivity contribution in [2.24, 2.45) is 0 Å². The Morgan fingerprint density at radius 2 is 1.74 bits per heavy atom. The van der Waals surface area contributed by atoms with Crippen LogP contribution in [0.5, 0.6) is 5.75 Å². The van der Waals surface area contributed by atoms with E-state index in [4.69, 9.17) is 17.0 Å². The molecule has 5 rings (SSSR count). The number of fused-ring (bicyclic) bond motifs is 3. The Kier molecular flexibility index (Phi) is 5.04. The number of methoxy groups -OCH3 is 1. The van der Waals surface area contributed by atoms with E-state index in [0.29, 0.717) is 9.23 Å². The van der Waals surface area contributed by atoms with Gasteiger partial charge in [0, 0.05) is 28.4 Å². The molecule has 1 aliphatic heterocycles. The Morgan fingerprint density at radius 3 is 2.48 bits per heavy atom. The quantitative estimate of drug-likeness (QED) is 0.276. The van der Waals surface area contributed by atoms with E-state index in [1.54, 1.807) is 12.0 Å². The van der Waals surface area contributed by atoms with Gasteiger partial charge in [-0.1, -0.05) is 48.2 Å². The number of para-hydroxylation sites is 1. The third kappa shape index (κ3) is 3.32. The number of rotatable bonds is 4. The Morgan fingerprint density at radius 1 is 1.00 bits per heavy atom. The van der Waals surface area contributed by atoms with Crippen LogP contribution in [0.25, 0.3) is 27.9 Å². The standard InChI is InChI=1S/C25H20N2O2S2/c1-3-26-21-7-5-4-6-19(21)20-14-16(8-13-22(20)26)15-23-24(28)27(25(30)31-23)17-9-11-18(29-2)12-10-17/h4-15H,3H2,1-2H3.